The number of halogens is 25. The van der Waals surface area contributed by atoms with E-state index >= 15 is 0 Å². The first-order chi connectivity index (χ1) is 19.6. The molecule has 0 aromatic heterocycles. The quantitative estimate of drug-likeness (QED) is 0.160. The molecular formula is C13H2F25O6S3-. The predicted octanol–water partition coefficient (Wildman–Crippen LogP) is 6.71. The number of alkyl halides is 25. The molecule has 0 fully saturated rings. The second kappa shape index (κ2) is 11.1. The van der Waals surface area contributed by atoms with Crippen molar-refractivity contribution in [2.45, 2.75) is 70.3 Å². The minimum Gasteiger partial charge on any atom is -0.254 e. The number of sulfone groups is 3. The largest absolute Gasteiger partial charge is 0.460 e. The molecule has 0 heterocycles. The van der Waals surface area contributed by atoms with E-state index in [2.05, 4.69) is 0 Å². The highest BCUT2D eigenvalue weighted by atomic mass is 32.3. The molecule has 0 N–H and O–H groups in total. The Kier molecular flexibility index (Phi) is 10.6. The van der Waals surface area contributed by atoms with Gasteiger partial charge in [-0.1, -0.05) is 0 Å². The Balaban J connectivity index is 8.57. The summed E-state index contributed by atoms with van der Waals surface area (Å²) in [5.74, 6) is -43.6. The van der Waals surface area contributed by atoms with Crippen LogP contribution in [0.5, 0.6) is 0 Å². The standard InChI is InChI=1S/C13H2F25O6S3/c14-3(15,9(26,27)28)1-4(16,17)45(39,40)2(46(41,42)12(35,36)7(22,23)5(18,19)10(29,30)31)47(43,44)13(37,38)8(24,25)6(20,21)11(32,33)34/h1H2/q-1. The second-order valence-corrected chi connectivity index (χ2v) is 14.7. The number of rotatable bonds is 12. The van der Waals surface area contributed by atoms with Crippen LogP contribution in [0.15, 0.2) is 0 Å². The van der Waals surface area contributed by atoms with Gasteiger partial charge in [-0.3, -0.25) is 25.3 Å². The molecule has 0 unspecified atom stereocenters. The molecule has 0 amide bonds. The molecule has 0 saturated carbocycles. The second-order valence-electron chi connectivity index (χ2n) is 8.10. The molecule has 0 spiro atoms. The molecule has 0 aliphatic heterocycles. The van der Waals surface area contributed by atoms with Crippen molar-refractivity contribution in [2.75, 3.05) is 0 Å². The molecule has 0 saturated heterocycles. The van der Waals surface area contributed by atoms with Crippen molar-refractivity contribution in [3.05, 3.63) is 3.91 Å². The zero-order valence-electron chi connectivity index (χ0n) is 19.8. The van der Waals surface area contributed by atoms with Gasteiger partial charge in [0, 0.05) is 0 Å². The van der Waals surface area contributed by atoms with Crippen molar-refractivity contribution in [3.8, 4) is 0 Å². The summed E-state index contributed by atoms with van der Waals surface area (Å²) in [6, 6.07) is 0. The van der Waals surface area contributed by atoms with Crippen LogP contribution in [0.25, 0.3) is 0 Å². The third-order valence-corrected chi connectivity index (χ3v) is 12.9. The van der Waals surface area contributed by atoms with Crippen LogP contribution in [0, 0.1) is 3.91 Å². The van der Waals surface area contributed by atoms with Crippen LogP contribution >= 0.6 is 0 Å². The molecule has 0 aliphatic rings. The Morgan fingerprint density at radius 1 is 0.340 bits per heavy atom. The molecule has 284 valence electrons. The molecule has 0 atom stereocenters. The average molecular weight is 825 g/mol. The first-order valence-electron chi connectivity index (χ1n) is 9.41. The minimum atomic E-state index is -10.5. The molecule has 6 nitrogen and oxygen atoms in total. The van der Waals surface area contributed by atoms with Gasteiger partial charge in [-0.15, -0.1) is 0 Å². The summed E-state index contributed by atoms with van der Waals surface area (Å²) >= 11 is 0. The summed E-state index contributed by atoms with van der Waals surface area (Å²) in [6.45, 7) is 0. The fourth-order valence-corrected chi connectivity index (χ4v) is 9.70. The van der Waals surface area contributed by atoms with Crippen LogP contribution < -0.4 is 0 Å². The summed E-state index contributed by atoms with van der Waals surface area (Å²) in [6.07, 6.45) is -29.6. The van der Waals surface area contributed by atoms with Gasteiger partial charge < -0.3 is 0 Å². The first-order valence-corrected chi connectivity index (χ1v) is 13.9. The lowest BCUT2D eigenvalue weighted by molar-refractivity contribution is -0.382. The van der Waals surface area contributed by atoms with E-state index in [-0.39, 0.29) is 0 Å². The maximum atomic E-state index is 14.1. The van der Waals surface area contributed by atoms with E-state index in [1.807, 2.05) is 0 Å². The van der Waals surface area contributed by atoms with Gasteiger partial charge in [0.15, 0.2) is 0 Å². The summed E-state index contributed by atoms with van der Waals surface area (Å²) < 4.78 is 393. The third kappa shape index (κ3) is 6.22. The SMILES string of the molecule is O=S(=O)([C-](S(=O)(=O)C(F)(F)C(F)(F)C(F)(F)C(F)(F)F)S(=O)(=O)C(F)(F)C(F)(F)C(F)(F)C(F)(F)F)C(F)(F)CC(F)(F)C(F)(F)F. The van der Waals surface area contributed by atoms with Crippen LogP contribution in [0.3, 0.4) is 0 Å². The lowest BCUT2D eigenvalue weighted by atomic mass is 10.1. The van der Waals surface area contributed by atoms with Crippen LogP contribution in [0.2, 0.25) is 0 Å². The summed E-state index contributed by atoms with van der Waals surface area (Å²) in [5, 5.41) is -26.9. The van der Waals surface area contributed by atoms with Gasteiger partial charge in [-0.05, 0) is 0 Å². The molecular weight excluding hydrogens is 823 g/mol. The highest BCUT2D eigenvalue weighted by molar-refractivity contribution is 8.29. The lowest BCUT2D eigenvalue weighted by Crippen LogP contribution is -2.67. The molecule has 0 aromatic rings. The Morgan fingerprint density at radius 2 is 0.574 bits per heavy atom. The van der Waals surface area contributed by atoms with E-state index in [9.17, 15) is 135 Å². The van der Waals surface area contributed by atoms with Crippen molar-refractivity contribution in [3.63, 3.8) is 0 Å². The van der Waals surface area contributed by atoms with Gasteiger partial charge >= 0.3 is 63.9 Å². The maximum Gasteiger partial charge on any atom is 0.460 e. The van der Waals surface area contributed by atoms with E-state index in [1.54, 1.807) is 0 Å². The Hall–Kier alpha value is -1.90. The fourth-order valence-electron chi connectivity index (χ4n) is 2.28. The number of hydrogen-bond donors (Lipinski definition) is 0. The molecule has 0 bridgehead atoms. The van der Waals surface area contributed by atoms with Crippen molar-refractivity contribution in [1.82, 2.24) is 0 Å². The van der Waals surface area contributed by atoms with Gasteiger partial charge in [-0.25, -0.2) is 0 Å². The predicted molar refractivity (Wildman–Crippen MR) is 92.4 cm³/mol. The average Bonchev–Trinajstić information content (AvgIpc) is 2.74. The van der Waals surface area contributed by atoms with Gasteiger partial charge in [0.1, 0.15) is 29.5 Å². The Bertz CT molecular complexity index is 1430. The lowest BCUT2D eigenvalue weighted by Gasteiger charge is -2.43. The minimum absolute atomic E-state index is 5.26. The van der Waals surface area contributed by atoms with Crippen LogP contribution in [-0.2, 0) is 29.5 Å². The molecule has 0 aromatic carbocycles. The molecule has 47 heavy (non-hydrogen) atoms. The Labute approximate surface area is 239 Å². The van der Waals surface area contributed by atoms with Crippen LogP contribution in [0.1, 0.15) is 6.42 Å². The van der Waals surface area contributed by atoms with Gasteiger partial charge in [-0.2, -0.15) is 110 Å². The monoisotopic (exact) mass is 825 g/mol. The van der Waals surface area contributed by atoms with E-state index in [4.69, 9.17) is 0 Å². The van der Waals surface area contributed by atoms with Crippen molar-refractivity contribution in [2.24, 2.45) is 0 Å². The summed E-state index contributed by atoms with van der Waals surface area (Å²) in [4.78, 5) is 0. The van der Waals surface area contributed by atoms with Crippen molar-refractivity contribution in [1.29, 1.82) is 0 Å². The van der Waals surface area contributed by atoms with Gasteiger partial charge in [0.25, 0.3) is 0 Å². The smallest absolute Gasteiger partial charge is 0.254 e. The molecule has 0 radical (unpaired) electrons. The van der Waals surface area contributed by atoms with E-state index in [1.165, 1.54) is 0 Å². The topological polar surface area (TPSA) is 102 Å². The highest BCUT2D eigenvalue weighted by Gasteiger charge is 2.88. The zero-order chi connectivity index (χ0) is 39.3. The van der Waals surface area contributed by atoms with Gasteiger partial charge in [0.05, 0.1) is 10.3 Å². The van der Waals surface area contributed by atoms with Crippen LogP contribution in [0.4, 0.5) is 110 Å². The molecule has 34 heteroatoms. The van der Waals surface area contributed by atoms with Crippen molar-refractivity contribution >= 4 is 29.5 Å². The summed E-state index contributed by atoms with van der Waals surface area (Å²) in [7, 11) is -31.0. The van der Waals surface area contributed by atoms with E-state index in [0.29, 0.717) is 0 Å². The normalized spacial score (nSPS) is 17.0. The van der Waals surface area contributed by atoms with Crippen molar-refractivity contribution < 1.29 is 135 Å². The number of hydrogen-bond acceptors (Lipinski definition) is 6. The fraction of sp³-hybridized carbons (Fsp3) is 0.923. The first kappa shape index (κ1) is 45.1. The highest BCUT2D eigenvalue weighted by Crippen LogP contribution is 2.62. The third-order valence-electron chi connectivity index (χ3n) is 4.80. The Morgan fingerprint density at radius 3 is 0.766 bits per heavy atom. The zero-order valence-corrected chi connectivity index (χ0v) is 22.3. The summed E-state index contributed by atoms with van der Waals surface area (Å²) in [5.41, 5.74) is 0. The maximum absolute atomic E-state index is 14.1. The molecule has 0 aliphatic carbocycles. The molecule has 0 rings (SSSR count). The van der Waals surface area contributed by atoms with Gasteiger partial charge in [0.2, 0.25) is 0 Å². The van der Waals surface area contributed by atoms with Crippen LogP contribution in [-0.4, -0.2) is 89.2 Å². The van der Waals surface area contributed by atoms with E-state index < -0.39 is 104 Å². The van der Waals surface area contributed by atoms with E-state index in [0.717, 1.165) is 0 Å².